The Balaban J connectivity index is 1.72. The molecule has 156 valence electrons. The second-order valence-corrected chi connectivity index (χ2v) is 7.80. The van der Waals surface area contributed by atoms with Gasteiger partial charge in [0.05, 0.1) is 32.3 Å². The lowest BCUT2D eigenvalue weighted by Gasteiger charge is -2.18. The average Bonchev–Trinajstić information content (AvgIpc) is 3.21. The summed E-state index contributed by atoms with van der Waals surface area (Å²) < 4.78 is 10.6. The van der Waals surface area contributed by atoms with Gasteiger partial charge in [0, 0.05) is 16.7 Å². The normalized spacial score (nSPS) is 11.5. The molecule has 0 aliphatic heterocycles. The summed E-state index contributed by atoms with van der Waals surface area (Å²) in [6, 6.07) is 13.1. The summed E-state index contributed by atoms with van der Waals surface area (Å²) in [4.78, 5) is 12.4. The van der Waals surface area contributed by atoms with E-state index in [2.05, 4.69) is 41.5 Å². The number of aromatic amines is 1. The molecule has 1 heterocycles. The summed E-state index contributed by atoms with van der Waals surface area (Å²) >= 11 is 0. The van der Waals surface area contributed by atoms with Gasteiger partial charge >= 0.3 is 0 Å². The first kappa shape index (κ1) is 21.1. The Morgan fingerprint density at radius 3 is 2.40 bits per heavy atom. The largest absolute Gasteiger partial charge is 0.493 e. The maximum atomic E-state index is 12.4. The fourth-order valence-electron chi connectivity index (χ4n) is 2.96. The maximum absolute atomic E-state index is 12.4. The molecular weight excluding hydrogens is 380 g/mol. The smallest absolute Gasteiger partial charge is 0.271 e. The number of nitrogens with one attached hydrogen (secondary N) is 2. The first-order valence-corrected chi connectivity index (χ1v) is 9.53. The molecule has 7 nitrogen and oxygen atoms in total. The van der Waals surface area contributed by atoms with Crippen molar-refractivity contribution < 1.29 is 14.3 Å². The Morgan fingerprint density at radius 1 is 1.07 bits per heavy atom. The molecule has 30 heavy (non-hydrogen) atoms. The summed E-state index contributed by atoms with van der Waals surface area (Å²) in [7, 11) is 3.17. The van der Waals surface area contributed by atoms with E-state index in [4.69, 9.17) is 9.47 Å². The van der Waals surface area contributed by atoms with Gasteiger partial charge in [-0.15, -0.1) is 0 Å². The number of benzene rings is 2. The first-order valence-electron chi connectivity index (χ1n) is 9.53. The molecule has 3 aromatic rings. The molecule has 3 rings (SSSR count). The van der Waals surface area contributed by atoms with E-state index < -0.39 is 0 Å². The number of aromatic nitrogens is 2. The molecule has 0 saturated carbocycles. The fraction of sp³-hybridized carbons (Fsp3) is 0.261. The summed E-state index contributed by atoms with van der Waals surface area (Å²) in [5, 5.41) is 11.1. The van der Waals surface area contributed by atoms with Crippen molar-refractivity contribution in [3.8, 4) is 22.8 Å². The number of ether oxygens (including phenoxy) is 2. The van der Waals surface area contributed by atoms with E-state index >= 15 is 0 Å². The number of carbonyl (C=O) groups is 1. The van der Waals surface area contributed by atoms with E-state index in [0.717, 1.165) is 16.8 Å². The van der Waals surface area contributed by atoms with E-state index in [-0.39, 0.29) is 11.3 Å². The molecule has 0 bridgehead atoms. The van der Waals surface area contributed by atoms with Gasteiger partial charge in [0.15, 0.2) is 11.5 Å². The van der Waals surface area contributed by atoms with Gasteiger partial charge in [0.2, 0.25) is 0 Å². The molecule has 7 heteroatoms. The van der Waals surface area contributed by atoms with Crippen molar-refractivity contribution in [3.05, 3.63) is 65.4 Å². The Morgan fingerprint density at radius 2 is 1.77 bits per heavy atom. The zero-order valence-electron chi connectivity index (χ0n) is 17.8. The van der Waals surface area contributed by atoms with Crippen molar-refractivity contribution in [1.82, 2.24) is 15.6 Å². The van der Waals surface area contributed by atoms with E-state index in [1.54, 1.807) is 38.8 Å². The van der Waals surface area contributed by atoms with Crippen molar-refractivity contribution in [2.45, 2.75) is 26.2 Å². The zero-order valence-corrected chi connectivity index (χ0v) is 17.8. The van der Waals surface area contributed by atoms with Crippen molar-refractivity contribution in [3.63, 3.8) is 0 Å². The molecule has 0 spiro atoms. The lowest BCUT2D eigenvalue weighted by atomic mass is 9.87. The predicted molar refractivity (Wildman–Crippen MR) is 117 cm³/mol. The van der Waals surface area contributed by atoms with Gasteiger partial charge in [-0.05, 0) is 41.3 Å². The quantitative estimate of drug-likeness (QED) is 0.475. The molecule has 1 aromatic heterocycles. The molecule has 0 unspecified atom stereocenters. The Labute approximate surface area is 176 Å². The molecule has 0 aliphatic rings. The van der Waals surface area contributed by atoms with Gasteiger partial charge in [0.25, 0.3) is 5.91 Å². The van der Waals surface area contributed by atoms with Crippen LogP contribution in [0.3, 0.4) is 0 Å². The number of hydrazone groups is 1. The van der Waals surface area contributed by atoms with Crippen molar-refractivity contribution in [2.75, 3.05) is 14.2 Å². The monoisotopic (exact) mass is 406 g/mol. The number of rotatable bonds is 6. The Kier molecular flexibility index (Phi) is 6.20. The third-order valence-electron chi connectivity index (χ3n) is 4.72. The molecule has 0 atom stereocenters. The van der Waals surface area contributed by atoms with Crippen LogP contribution in [-0.2, 0) is 5.41 Å². The average molecular weight is 406 g/mol. The fourth-order valence-corrected chi connectivity index (χ4v) is 2.96. The molecule has 1 amide bonds. The van der Waals surface area contributed by atoms with Crippen LogP contribution in [-0.4, -0.2) is 36.5 Å². The lowest BCUT2D eigenvalue weighted by molar-refractivity contribution is 0.0955. The summed E-state index contributed by atoms with van der Waals surface area (Å²) in [6.45, 7) is 6.40. The van der Waals surface area contributed by atoms with Crippen LogP contribution >= 0.6 is 0 Å². The van der Waals surface area contributed by atoms with Crippen LogP contribution in [0.5, 0.6) is 11.5 Å². The Hall–Kier alpha value is -3.61. The van der Waals surface area contributed by atoms with Crippen LogP contribution in [0.1, 0.15) is 42.3 Å². The van der Waals surface area contributed by atoms with Crippen LogP contribution < -0.4 is 14.9 Å². The number of H-pyrrole nitrogens is 1. The molecule has 0 fully saturated rings. The highest BCUT2D eigenvalue weighted by Crippen LogP contribution is 2.32. The van der Waals surface area contributed by atoms with Crippen LogP contribution in [0.25, 0.3) is 11.3 Å². The number of amides is 1. The lowest BCUT2D eigenvalue weighted by Crippen LogP contribution is -2.18. The number of hydrogen-bond donors (Lipinski definition) is 2. The van der Waals surface area contributed by atoms with Gasteiger partial charge < -0.3 is 9.47 Å². The standard InChI is InChI=1S/C23H26N4O3/c1-23(2,3)18-9-6-15(7-10-18)22(28)27-25-14-17-13-24-26-21(17)16-8-11-19(29-4)20(12-16)30-5/h6-14H,1-5H3,(H,24,26)(H,27,28)/b25-14-. The molecule has 2 N–H and O–H groups in total. The van der Waals surface area contributed by atoms with E-state index in [0.29, 0.717) is 17.1 Å². The van der Waals surface area contributed by atoms with Gasteiger partial charge in [-0.1, -0.05) is 32.9 Å². The molecule has 2 aromatic carbocycles. The van der Waals surface area contributed by atoms with Crippen molar-refractivity contribution >= 4 is 12.1 Å². The zero-order chi connectivity index (χ0) is 21.7. The van der Waals surface area contributed by atoms with E-state index in [1.165, 1.54) is 5.56 Å². The highest BCUT2D eigenvalue weighted by Gasteiger charge is 2.14. The Bertz CT molecular complexity index is 1050. The topological polar surface area (TPSA) is 88.6 Å². The number of methoxy groups -OCH3 is 2. The highest BCUT2D eigenvalue weighted by molar-refractivity contribution is 5.95. The van der Waals surface area contributed by atoms with Gasteiger partial charge in [-0.2, -0.15) is 10.2 Å². The van der Waals surface area contributed by atoms with Gasteiger partial charge in [0.1, 0.15) is 0 Å². The van der Waals surface area contributed by atoms with E-state index in [9.17, 15) is 4.79 Å². The SMILES string of the molecule is COc1ccc(-c2[nH]ncc2/C=N\NC(=O)c2ccc(C(C)(C)C)cc2)cc1OC. The van der Waals surface area contributed by atoms with Crippen LogP contribution in [0.2, 0.25) is 0 Å². The maximum Gasteiger partial charge on any atom is 0.271 e. The number of nitrogens with zero attached hydrogens (tertiary/aromatic N) is 2. The van der Waals surface area contributed by atoms with Gasteiger partial charge in [-0.3, -0.25) is 9.89 Å². The van der Waals surface area contributed by atoms with Crippen LogP contribution in [0.4, 0.5) is 0 Å². The minimum Gasteiger partial charge on any atom is -0.493 e. The summed E-state index contributed by atoms with van der Waals surface area (Å²) in [6.07, 6.45) is 3.19. The van der Waals surface area contributed by atoms with Gasteiger partial charge in [-0.25, -0.2) is 5.43 Å². The molecular formula is C23H26N4O3. The minimum absolute atomic E-state index is 0.0367. The second-order valence-electron chi connectivity index (χ2n) is 7.80. The number of hydrogen-bond acceptors (Lipinski definition) is 5. The summed E-state index contributed by atoms with van der Waals surface area (Å²) in [5.41, 5.74) is 6.65. The number of carbonyl (C=O) groups excluding carboxylic acids is 1. The molecule has 0 radical (unpaired) electrons. The first-order chi connectivity index (χ1) is 14.3. The predicted octanol–water partition coefficient (Wildman–Crippen LogP) is 4.16. The molecule has 0 saturated heterocycles. The second kappa shape index (κ2) is 8.82. The third kappa shape index (κ3) is 4.68. The summed E-state index contributed by atoms with van der Waals surface area (Å²) in [5.74, 6) is 0.975. The van der Waals surface area contributed by atoms with Crippen LogP contribution in [0.15, 0.2) is 53.8 Å². The van der Waals surface area contributed by atoms with Crippen molar-refractivity contribution in [2.24, 2.45) is 5.10 Å². The third-order valence-corrected chi connectivity index (χ3v) is 4.72. The minimum atomic E-state index is -0.275. The molecule has 0 aliphatic carbocycles. The van der Waals surface area contributed by atoms with Crippen molar-refractivity contribution in [1.29, 1.82) is 0 Å². The van der Waals surface area contributed by atoms with E-state index in [1.807, 2.05) is 30.3 Å². The van der Waals surface area contributed by atoms with Crippen LogP contribution in [0, 0.1) is 0 Å². The highest BCUT2D eigenvalue weighted by atomic mass is 16.5.